The van der Waals surface area contributed by atoms with E-state index in [2.05, 4.69) is 36.3 Å². The molecule has 0 saturated carbocycles. The number of H-pyrrole nitrogens is 1. The molecule has 0 fully saturated rings. The number of fused-ring (bicyclic) bond motifs is 1. The summed E-state index contributed by atoms with van der Waals surface area (Å²) in [5.74, 6) is -1.06. The predicted molar refractivity (Wildman–Crippen MR) is 106 cm³/mol. The Morgan fingerprint density at radius 3 is 2.56 bits per heavy atom. The van der Waals surface area contributed by atoms with Crippen LogP contribution in [0.4, 0.5) is 0 Å². The average molecular weight is 364 g/mol. The van der Waals surface area contributed by atoms with Crippen molar-refractivity contribution in [2.75, 3.05) is 0 Å². The van der Waals surface area contributed by atoms with Crippen molar-refractivity contribution >= 4 is 22.8 Å². The summed E-state index contributed by atoms with van der Waals surface area (Å²) in [5, 5.41) is 13.4. The van der Waals surface area contributed by atoms with Crippen molar-refractivity contribution in [2.24, 2.45) is 0 Å². The molecule has 0 aliphatic heterocycles. The van der Waals surface area contributed by atoms with Crippen molar-refractivity contribution in [1.82, 2.24) is 10.3 Å². The molecule has 0 bridgehead atoms. The molecule has 0 unspecified atom stereocenters. The molecule has 3 rings (SSSR count). The average Bonchev–Trinajstić information content (AvgIpc) is 2.92. The predicted octanol–water partition coefficient (Wildman–Crippen LogP) is 4.04. The number of aromatic carboxylic acids is 1. The number of hydrogen-bond acceptors (Lipinski definition) is 2. The number of amides is 1. The molecular formula is C22H24N2O3. The van der Waals surface area contributed by atoms with Gasteiger partial charge in [0.25, 0.3) is 0 Å². The third kappa shape index (κ3) is 4.03. The standard InChI is InChI=1S/C22H24N2O3/c1-13-10-17(21-19(11-13)14(2)15(3)24-21)12-23-20(25)9-8-16-6-4-5-7-18(16)22(26)27/h4-7,10-11,24H,8-9,12H2,1-3H3,(H,23,25)(H,26,27). The van der Waals surface area contributed by atoms with E-state index in [-0.39, 0.29) is 17.9 Å². The fourth-order valence-corrected chi connectivity index (χ4v) is 3.40. The lowest BCUT2D eigenvalue weighted by atomic mass is 10.0. The monoisotopic (exact) mass is 364 g/mol. The van der Waals surface area contributed by atoms with E-state index in [4.69, 9.17) is 0 Å². The molecule has 0 atom stereocenters. The van der Waals surface area contributed by atoms with Gasteiger partial charge >= 0.3 is 5.97 Å². The van der Waals surface area contributed by atoms with Crippen LogP contribution in [0.2, 0.25) is 0 Å². The van der Waals surface area contributed by atoms with E-state index in [1.165, 1.54) is 10.9 Å². The Balaban J connectivity index is 1.68. The van der Waals surface area contributed by atoms with E-state index in [0.29, 0.717) is 18.5 Å². The Bertz CT molecular complexity index is 1020. The van der Waals surface area contributed by atoms with Crippen LogP contribution in [-0.4, -0.2) is 22.0 Å². The minimum Gasteiger partial charge on any atom is -0.478 e. The van der Waals surface area contributed by atoms with Gasteiger partial charge in [0.1, 0.15) is 0 Å². The second-order valence-electron chi connectivity index (χ2n) is 6.96. The molecule has 3 N–H and O–H groups in total. The highest BCUT2D eigenvalue weighted by molar-refractivity contribution is 5.90. The molecule has 0 aliphatic rings. The van der Waals surface area contributed by atoms with Gasteiger partial charge in [0.15, 0.2) is 0 Å². The first kappa shape index (κ1) is 18.7. The van der Waals surface area contributed by atoms with E-state index in [0.717, 1.165) is 22.3 Å². The summed E-state index contributed by atoms with van der Waals surface area (Å²) in [6.45, 7) is 6.63. The second kappa shape index (κ2) is 7.66. The fourth-order valence-electron chi connectivity index (χ4n) is 3.40. The molecule has 0 aliphatic carbocycles. The summed E-state index contributed by atoms with van der Waals surface area (Å²) in [4.78, 5) is 27.0. The molecule has 1 amide bonds. The van der Waals surface area contributed by atoms with Crippen molar-refractivity contribution < 1.29 is 14.7 Å². The molecule has 1 heterocycles. The van der Waals surface area contributed by atoms with E-state index in [1.807, 2.05) is 6.92 Å². The van der Waals surface area contributed by atoms with Gasteiger partial charge in [0.2, 0.25) is 5.91 Å². The normalized spacial score (nSPS) is 10.9. The first-order valence-corrected chi connectivity index (χ1v) is 9.03. The van der Waals surface area contributed by atoms with Crippen LogP contribution in [-0.2, 0) is 17.8 Å². The maximum atomic E-state index is 12.3. The van der Waals surface area contributed by atoms with Gasteiger partial charge in [-0.05, 0) is 56.0 Å². The van der Waals surface area contributed by atoms with Crippen LogP contribution in [0.15, 0.2) is 36.4 Å². The third-order valence-electron chi connectivity index (χ3n) is 4.99. The van der Waals surface area contributed by atoms with E-state index in [9.17, 15) is 14.7 Å². The molecule has 0 radical (unpaired) electrons. The number of carbonyl (C=O) groups excluding carboxylic acids is 1. The molecule has 1 aromatic heterocycles. The third-order valence-corrected chi connectivity index (χ3v) is 4.99. The van der Waals surface area contributed by atoms with Crippen LogP contribution in [0, 0.1) is 20.8 Å². The maximum absolute atomic E-state index is 12.3. The van der Waals surface area contributed by atoms with Crippen LogP contribution >= 0.6 is 0 Å². The first-order chi connectivity index (χ1) is 12.9. The number of rotatable bonds is 6. The number of hydrogen-bond donors (Lipinski definition) is 3. The summed E-state index contributed by atoms with van der Waals surface area (Å²) < 4.78 is 0. The van der Waals surface area contributed by atoms with Crippen LogP contribution < -0.4 is 5.32 Å². The molecule has 5 heteroatoms. The number of carbonyl (C=O) groups is 2. The van der Waals surface area contributed by atoms with Crippen molar-refractivity contribution in [2.45, 2.75) is 40.2 Å². The van der Waals surface area contributed by atoms with Crippen LogP contribution in [0.25, 0.3) is 10.9 Å². The number of aryl methyl sites for hydroxylation is 4. The lowest BCUT2D eigenvalue weighted by Crippen LogP contribution is -2.23. The fraction of sp³-hybridized carbons (Fsp3) is 0.273. The Labute approximate surface area is 158 Å². The summed E-state index contributed by atoms with van der Waals surface area (Å²) in [6, 6.07) is 11.0. The van der Waals surface area contributed by atoms with Gasteiger partial charge in [0, 0.05) is 24.0 Å². The van der Waals surface area contributed by atoms with Crippen molar-refractivity contribution in [3.8, 4) is 0 Å². The first-order valence-electron chi connectivity index (χ1n) is 9.03. The lowest BCUT2D eigenvalue weighted by molar-refractivity contribution is -0.121. The molecule has 2 aromatic carbocycles. The van der Waals surface area contributed by atoms with Crippen LogP contribution in [0.1, 0.15) is 44.7 Å². The summed E-state index contributed by atoms with van der Waals surface area (Å²) in [6.07, 6.45) is 0.653. The Morgan fingerprint density at radius 1 is 1.07 bits per heavy atom. The minimum atomic E-state index is -0.967. The summed E-state index contributed by atoms with van der Waals surface area (Å²) in [5.41, 5.74) is 6.56. The van der Waals surface area contributed by atoms with E-state index in [1.54, 1.807) is 24.3 Å². The molecule has 5 nitrogen and oxygen atoms in total. The van der Waals surface area contributed by atoms with Gasteiger partial charge in [0.05, 0.1) is 11.1 Å². The second-order valence-corrected chi connectivity index (χ2v) is 6.96. The molecule has 140 valence electrons. The lowest BCUT2D eigenvalue weighted by Gasteiger charge is -2.09. The molecule has 3 aromatic rings. The van der Waals surface area contributed by atoms with Gasteiger partial charge in [-0.2, -0.15) is 0 Å². The molecule has 0 saturated heterocycles. The van der Waals surface area contributed by atoms with Crippen molar-refractivity contribution in [3.05, 3.63) is 69.9 Å². The van der Waals surface area contributed by atoms with Gasteiger partial charge < -0.3 is 15.4 Å². The Kier molecular flexibility index (Phi) is 5.31. The van der Waals surface area contributed by atoms with Gasteiger partial charge in [-0.25, -0.2) is 4.79 Å². The van der Waals surface area contributed by atoms with E-state index >= 15 is 0 Å². The zero-order valence-corrected chi connectivity index (χ0v) is 15.8. The number of aromatic amines is 1. The van der Waals surface area contributed by atoms with Crippen molar-refractivity contribution in [3.63, 3.8) is 0 Å². The zero-order chi connectivity index (χ0) is 19.6. The summed E-state index contributed by atoms with van der Waals surface area (Å²) >= 11 is 0. The number of carboxylic acid groups (broad SMARTS) is 1. The highest BCUT2D eigenvalue weighted by atomic mass is 16.4. The Hall–Kier alpha value is -3.08. The number of benzene rings is 2. The maximum Gasteiger partial charge on any atom is 0.335 e. The van der Waals surface area contributed by atoms with Gasteiger partial charge in [-0.15, -0.1) is 0 Å². The molecular weight excluding hydrogens is 340 g/mol. The highest BCUT2D eigenvalue weighted by Gasteiger charge is 2.12. The number of nitrogens with one attached hydrogen (secondary N) is 2. The SMILES string of the molecule is Cc1cc(CNC(=O)CCc2ccccc2C(=O)O)c2[nH]c(C)c(C)c2c1. The topological polar surface area (TPSA) is 82.2 Å². The largest absolute Gasteiger partial charge is 0.478 e. The van der Waals surface area contributed by atoms with E-state index < -0.39 is 5.97 Å². The smallest absolute Gasteiger partial charge is 0.335 e. The summed E-state index contributed by atoms with van der Waals surface area (Å²) in [7, 11) is 0. The van der Waals surface area contributed by atoms with Gasteiger partial charge in [-0.3, -0.25) is 4.79 Å². The highest BCUT2D eigenvalue weighted by Crippen LogP contribution is 2.26. The van der Waals surface area contributed by atoms with Crippen LogP contribution in [0.5, 0.6) is 0 Å². The zero-order valence-electron chi connectivity index (χ0n) is 15.8. The number of carboxylic acids is 1. The quantitative estimate of drug-likeness (QED) is 0.617. The molecule has 0 spiro atoms. The minimum absolute atomic E-state index is 0.0927. The Morgan fingerprint density at radius 2 is 1.81 bits per heavy atom. The molecule has 27 heavy (non-hydrogen) atoms. The van der Waals surface area contributed by atoms with Crippen LogP contribution in [0.3, 0.4) is 0 Å². The number of aromatic nitrogens is 1. The van der Waals surface area contributed by atoms with Gasteiger partial charge in [-0.1, -0.05) is 29.8 Å². The van der Waals surface area contributed by atoms with Crippen molar-refractivity contribution in [1.29, 1.82) is 0 Å².